The van der Waals surface area contributed by atoms with Crippen LogP contribution in [-0.2, 0) is 12.7 Å². The number of rotatable bonds is 5. The van der Waals surface area contributed by atoms with Crippen LogP contribution < -0.4 is 10.6 Å². The fourth-order valence-electron chi connectivity index (χ4n) is 2.71. The second kappa shape index (κ2) is 7.66. The van der Waals surface area contributed by atoms with Crippen LogP contribution in [0.15, 0.2) is 36.4 Å². The van der Waals surface area contributed by atoms with Crippen molar-refractivity contribution in [1.82, 2.24) is 10.3 Å². The number of alkyl halides is 3. The zero-order valence-corrected chi connectivity index (χ0v) is 15.6. The van der Waals surface area contributed by atoms with Crippen molar-refractivity contribution in [2.75, 3.05) is 11.9 Å². The normalized spacial score (nSPS) is 11.7. The van der Waals surface area contributed by atoms with E-state index in [9.17, 15) is 18.0 Å². The van der Waals surface area contributed by atoms with E-state index in [0.717, 1.165) is 29.5 Å². The number of aromatic nitrogens is 1. The number of amides is 1. The summed E-state index contributed by atoms with van der Waals surface area (Å²) in [5.41, 5.74) is 1.27. The third-order valence-corrected chi connectivity index (χ3v) is 5.33. The number of carbonyl (C=O) groups excluding carboxylic acids is 1. The number of anilines is 1. The topological polar surface area (TPSA) is 54.0 Å². The molecule has 2 heterocycles. The van der Waals surface area contributed by atoms with Gasteiger partial charge < -0.3 is 10.6 Å². The molecule has 0 aliphatic rings. The molecular formula is C19H18F3N3OS. The first kappa shape index (κ1) is 19.3. The lowest BCUT2D eigenvalue weighted by molar-refractivity contribution is -0.140. The number of thiophene rings is 1. The Hall–Kier alpha value is -2.45. The zero-order chi connectivity index (χ0) is 19.6. The maximum absolute atomic E-state index is 12.9. The molecule has 0 aliphatic carbocycles. The van der Waals surface area contributed by atoms with E-state index in [2.05, 4.69) is 15.6 Å². The Kier molecular flexibility index (Phi) is 5.48. The molecule has 0 aliphatic heterocycles. The molecule has 0 radical (unpaired) electrons. The zero-order valence-electron chi connectivity index (χ0n) is 14.8. The average Bonchev–Trinajstić information content (AvgIpc) is 2.96. The van der Waals surface area contributed by atoms with Crippen LogP contribution in [0.2, 0.25) is 0 Å². The molecule has 2 aromatic heterocycles. The van der Waals surface area contributed by atoms with Crippen molar-refractivity contribution in [3.63, 3.8) is 0 Å². The third kappa shape index (κ3) is 4.12. The van der Waals surface area contributed by atoms with Gasteiger partial charge in [-0.2, -0.15) is 13.2 Å². The van der Waals surface area contributed by atoms with Crippen molar-refractivity contribution in [1.29, 1.82) is 0 Å². The number of hydrogen-bond acceptors (Lipinski definition) is 4. The molecule has 1 aromatic carbocycles. The standard InChI is InChI=1S/C19H18F3N3OS/c1-3-23-10-12-6-4-5-7-14(12)24-17(26)16-11(2)13-8-9-15(19(20,21)22)25-18(13)27-16/h4-9,23H,3,10H2,1-2H3,(H,24,26). The summed E-state index contributed by atoms with van der Waals surface area (Å²) in [6.45, 7) is 5.11. The number of halogens is 3. The highest BCUT2D eigenvalue weighted by Crippen LogP contribution is 2.34. The molecule has 0 atom stereocenters. The molecule has 4 nitrogen and oxygen atoms in total. The molecule has 0 spiro atoms. The molecule has 8 heteroatoms. The van der Waals surface area contributed by atoms with Gasteiger partial charge >= 0.3 is 6.18 Å². The predicted molar refractivity (Wildman–Crippen MR) is 101 cm³/mol. The highest BCUT2D eigenvalue weighted by molar-refractivity contribution is 7.20. The number of fused-ring (bicyclic) bond motifs is 1. The van der Waals surface area contributed by atoms with Gasteiger partial charge in [0, 0.05) is 17.6 Å². The van der Waals surface area contributed by atoms with Crippen LogP contribution in [0.3, 0.4) is 0 Å². The summed E-state index contributed by atoms with van der Waals surface area (Å²) in [7, 11) is 0. The first-order valence-corrected chi connectivity index (χ1v) is 9.20. The van der Waals surface area contributed by atoms with E-state index in [4.69, 9.17) is 0 Å². The largest absolute Gasteiger partial charge is 0.433 e. The van der Waals surface area contributed by atoms with E-state index >= 15 is 0 Å². The second-order valence-electron chi connectivity index (χ2n) is 5.99. The fraction of sp³-hybridized carbons (Fsp3) is 0.263. The summed E-state index contributed by atoms with van der Waals surface area (Å²) in [4.78, 5) is 17.0. The molecule has 27 heavy (non-hydrogen) atoms. The van der Waals surface area contributed by atoms with Crippen molar-refractivity contribution in [2.24, 2.45) is 0 Å². The molecule has 3 aromatic rings. The maximum Gasteiger partial charge on any atom is 0.433 e. The maximum atomic E-state index is 12.9. The minimum Gasteiger partial charge on any atom is -0.321 e. The molecule has 3 rings (SSSR count). The smallest absolute Gasteiger partial charge is 0.321 e. The van der Waals surface area contributed by atoms with Crippen LogP contribution in [0.5, 0.6) is 0 Å². The number of carbonyl (C=O) groups is 1. The Bertz CT molecular complexity index is 982. The molecule has 0 unspecified atom stereocenters. The van der Waals surface area contributed by atoms with Crippen LogP contribution >= 0.6 is 11.3 Å². The van der Waals surface area contributed by atoms with Gasteiger partial charge in [-0.1, -0.05) is 25.1 Å². The second-order valence-corrected chi connectivity index (χ2v) is 6.99. The SMILES string of the molecule is CCNCc1ccccc1NC(=O)c1sc2nc(C(F)(F)F)ccc2c1C. The van der Waals surface area contributed by atoms with E-state index in [1.807, 2.05) is 25.1 Å². The molecule has 2 N–H and O–H groups in total. The summed E-state index contributed by atoms with van der Waals surface area (Å²) in [6.07, 6.45) is -4.51. The fourth-order valence-corrected chi connectivity index (χ4v) is 3.78. The van der Waals surface area contributed by atoms with Crippen LogP contribution in [0.1, 0.15) is 33.4 Å². The van der Waals surface area contributed by atoms with Crippen molar-refractivity contribution < 1.29 is 18.0 Å². The molecule has 1 amide bonds. The van der Waals surface area contributed by atoms with Crippen molar-refractivity contribution in [3.8, 4) is 0 Å². The molecule has 142 valence electrons. The van der Waals surface area contributed by atoms with E-state index in [1.165, 1.54) is 6.07 Å². The van der Waals surface area contributed by atoms with Crippen LogP contribution in [0.4, 0.5) is 18.9 Å². The van der Waals surface area contributed by atoms with E-state index in [-0.39, 0.29) is 10.7 Å². The number of nitrogens with zero attached hydrogens (tertiary/aromatic N) is 1. The third-order valence-electron chi connectivity index (χ3n) is 4.13. The summed E-state index contributed by atoms with van der Waals surface area (Å²) < 4.78 is 38.6. The molecule has 0 fully saturated rings. The lowest BCUT2D eigenvalue weighted by Crippen LogP contribution is -2.16. The molecule has 0 bridgehead atoms. The highest BCUT2D eigenvalue weighted by Gasteiger charge is 2.33. The number of nitrogens with one attached hydrogen (secondary N) is 2. The van der Waals surface area contributed by atoms with E-state index in [0.29, 0.717) is 28.1 Å². The highest BCUT2D eigenvalue weighted by atomic mass is 32.1. The van der Waals surface area contributed by atoms with Crippen LogP contribution in [0, 0.1) is 6.92 Å². The predicted octanol–water partition coefficient (Wildman–Crippen LogP) is 4.99. The van der Waals surface area contributed by atoms with Gasteiger partial charge in [-0.05, 0) is 42.8 Å². The van der Waals surface area contributed by atoms with Gasteiger partial charge in [0.05, 0.1) is 4.88 Å². The first-order chi connectivity index (χ1) is 12.8. The number of pyridine rings is 1. The minimum atomic E-state index is -4.51. The number of benzene rings is 1. The monoisotopic (exact) mass is 393 g/mol. The summed E-state index contributed by atoms with van der Waals surface area (Å²) in [5, 5.41) is 6.62. The number of para-hydroxylation sites is 1. The van der Waals surface area contributed by atoms with Crippen molar-refractivity contribution >= 4 is 33.1 Å². The Balaban J connectivity index is 1.91. The average molecular weight is 393 g/mol. The van der Waals surface area contributed by atoms with E-state index in [1.54, 1.807) is 13.0 Å². The summed E-state index contributed by atoms with van der Waals surface area (Å²) in [5.74, 6) is -0.354. The first-order valence-electron chi connectivity index (χ1n) is 8.38. The molecule has 0 saturated carbocycles. The number of hydrogen-bond donors (Lipinski definition) is 2. The van der Waals surface area contributed by atoms with Gasteiger partial charge in [0.2, 0.25) is 0 Å². The Morgan fingerprint density at radius 2 is 1.93 bits per heavy atom. The van der Waals surface area contributed by atoms with Crippen LogP contribution in [-0.4, -0.2) is 17.4 Å². The Labute approximate surface area is 158 Å². The summed E-state index contributed by atoms with van der Waals surface area (Å²) >= 11 is 0.966. The minimum absolute atomic E-state index is 0.202. The summed E-state index contributed by atoms with van der Waals surface area (Å²) in [6, 6.07) is 9.72. The number of aryl methyl sites for hydroxylation is 1. The van der Waals surface area contributed by atoms with Gasteiger partial charge in [-0.25, -0.2) is 4.98 Å². The lowest BCUT2D eigenvalue weighted by Gasteiger charge is -2.11. The van der Waals surface area contributed by atoms with Crippen molar-refractivity contribution in [2.45, 2.75) is 26.6 Å². The van der Waals surface area contributed by atoms with Gasteiger partial charge in [0.1, 0.15) is 10.5 Å². The molecular weight excluding hydrogens is 375 g/mol. The van der Waals surface area contributed by atoms with Gasteiger partial charge in [-0.15, -0.1) is 11.3 Å². The van der Waals surface area contributed by atoms with E-state index < -0.39 is 11.9 Å². The quantitative estimate of drug-likeness (QED) is 0.642. The Morgan fingerprint density at radius 1 is 1.19 bits per heavy atom. The van der Waals surface area contributed by atoms with Gasteiger partial charge in [0.15, 0.2) is 0 Å². The van der Waals surface area contributed by atoms with Gasteiger partial charge in [0.25, 0.3) is 5.91 Å². The lowest BCUT2D eigenvalue weighted by atomic mass is 10.1. The van der Waals surface area contributed by atoms with Crippen LogP contribution in [0.25, 0.3) is 10.2 Å². The Morgan fingerprint density at radius 3 is 2.63 bits per heavy atom. The van der Waals surface area contributed by atoms with Gasteiger partial charge in [-0.3, -0.25) is 4.79 Å². The van der Waals surface area contributed by atoms with Crippen molar-refractivity contribution in [3.05, 3.63) is 58.1 Å². The molecule has 0 saturated heterocycles.